The molecule has 2 aromatic carbocycles. The summed E-state index contributed by atoms with van der Waals surface area (Å²) in [5, 5.41) is 2.80. The van der Waals surface area contributed by atoms with Crippen LogP contribution in [-0.4, -0.2) is 23.6 Å². The highest BCUT2D eigenvalue weighted by Gasteiger charge is 2.10. The Morgan fingerprint density at radius 2 is 2.00 bits per heavy atom. The van der Waals surface area contributed by atoms with Crippen molar-refractivity contribution in [2.45, 2.75) is 26.8 Å². The maximum absolute atomic E-state index is 12.0. The largest absolute Gasteiger partial charge is 0.491 e. The molecule has 3 aromatic rings. The minimum atomic E-state index is -0.447. The number of carbonyl (C=O) groups excluding carboxylic acids is 1. The Labute approximate surface area is 151 Å². The number of rotatable bonds is 7. The van der Waals surface area contributed by atoms with Gasteiger partial charge in [-0.25, -0.2) is 4.79 Å². The number of para-hydroxylation sites is 2. The molecule has 3 rings (SSSR count). The number of amides is 1. The molecule has 0 radical (unpaired) electrons. The summed E-state index contributed by atoms with van der Waals surface area (Å²) in [4.78, 5) is 23.9. The van der Waals surface area contributed by atoms with E-state index >= 15 is 0 Å². The predicted octanol–water partition coefficient (Wildman–Crippen LogP) is 2.80. The van der Waals surface area contributed by atoms with Crippen LogP contribution in [0.5, 0.6) is 5.75 Å². The number of nitrogens with one attached hydrogen (secondary N) is 1. The Balaban J connectivity index is 1.46. The van der Waals surface area contributed by atoms with Gasteiger partial charge in [-0.2, -0.15) is 0 Å². The second-order valence-corrected chi connectivity index (χ2v) is 6.20. The van der Waals surface area contributed by atoms with E-state index < -0.39 is 5.76 Å². The summed E-state index contributed by atoms with van der Waals surface area (Å²) in [5.74, 6) is 0.241. The zero-order valence-corrected chi connectivity index (χ0v) is 15.0. The first-order valence-electron chi connectivity index (χ1n) is 8.60. The molecule has 0 saturated heterocycles. The van der Waals surface area contributed by atoms with Gasteiger partial charge in [-0.1, -0.05) is 29.8 Å². The molecule has 0 aliphatic carbocycles. The number of hydrogen-bond donors (Lipinski definition) is 1. The molecule has 0 saturated carbocycles. The molecule has 0 atom stereocenters. The Morgan fingerprint density at radius 1 is 1.19 bits per heavy atom. The molecular weight excluding hydrogens is 332 g/mol. The number of fused-ring (bicyclic) bond motifs is 1. The van der Waals surface area contributed by atoms with Crippen molar-refractivity contribution in [2.24, 2.45) is 0 Å². The summed E-state index contributed by atoms with van der Waals surface area (Å²) in [6.45, 7) is 5.11. The van der Waals surface area contributed by atoms with Crippen LogP contribution in [-0.2, 0) is 11.3 Å². The number of ether oxygens (including phenoxy) is 1. The number of aromatic nitrogens is 1. The van der Waals surface area contributed by atoms with E-state index in [0.29, 0.717) is 24.3 Å². The van der Waals surface area contributed by atoms with Crippen LogP contribution in [0.25, 0.3) is 11.1 Å². The molecule has 0 spiro atoms. The quantitative estimate of drug-likeness (QED) is 0.662. The standard InChI is InChI=1S/C20H22N2O4/c1-14-7-8-17(15(2)13-14)25-12-10-21-19(23)9-11-22-16-5-3-4-6-18(16)26-20(22)24/h3-8,13H,9-12H2,1-2H3,(H,21,23). The van der Waals surface area contributed by atoms with Crippen LogP contribution in [0.4, 0.5) is 0 Å². The number of aryl methyl sites for hydroxylation is 3. The van der Waals surface area contributed by atoms with Gasteiger partial charge in [0.1, 0.15) is 12.4 Å². The third-order valence-corrected chi connectivity index (χ3v) is 4.15. The summed E-state index contributed by atoms with van der Waals surface area (Å²) in [7, 11) is 0. The highest BCUT2D eigenvalue weighted by atomic mass is 16.5. The number of carbonyl (C=O) groups is 1. The number of hydrogen-bond acceptors (Lipinski definition) is 4. The van der Waals surface area contributed by atoms with E-state index in [-0.39, 0.29) is 18.9 Å². The molecule has 6 heteroatoms. The van der Waals surface area contributed by atoms with E-state index in [1.54, 1.807) is 18.2 Å². The Morgan fingerprint density at radius 3 is 2.81 bits per heavy atom. The van der Waals surface area contributed by atoms with Crippen molar-refractivity contribution in [3.05, 3.63) is 64.1 Å². The first kappa shape index (κ1) is 17.8. The van der Waals surface area contributed by atoms with Crippen LogP contribution in [0.15, 0.2) is 51.7 Å². The molecule has 6 nitrogen and oxygen atoms in total. The van der Waals surface area contributed by atoms with Crippen LogP contribution in [0.1, 0.15) is 17.5 Å². The van der Waals surface area contributed by atoms with Crippen molar-refractivity contribution in [3.63, 3.8) is 0 Å². The van der Waals surface area contributed by atoms with Gasteiger partial charge in [-0.3, -0.25) is 9.36 Å². The van der Waals surface area contributed by atoms with Gasteiger partial charge in [0.2, 0.25) is 5.91 Å². The lowest BCUT2D eigenvalue weighted by Gasteiger charge is -2.10. The van der Waals surface area contributed by atoms with Gasteiger partial charge in [0.15, 0.2) is 5.58 Å². The molecule has 0 aliphatic rings. The predicted molar refractivity (Wildman–Crippen MR) is 99.5 cm³/mol. The lowest BCUT2D eigenvalue weighted by atomic mass is 10.1. The van der Waals surface area contributed by atoms with Crippen molar-refractivity contribution in [2.75, 3.05) is 13.2 Å². The first-order chi connectivity index (χ1) is 12.5. The van der Waals surface area contributed by atoms with Gasteiger partial charge >= 0.3 is 5.76 Å². The van der Waals surface area contributed by atoms with Gasteiger partial charge in [0, 0.05) is 13.0 Å². The van der Waals surface area contributed by atoms with E-state index in [9.17, 15) is 9.59 Å². The van der Waals surface area contributed by atoms with Crippen LogP contribution < -0.4 is 15.8 Å². The summed E-state index contributed by atoms with van der Waals surface area (Å²) in [5.41, 5.74) is 3.48. The molecule has 0 unspecified atom stereocenters. The van der Waals surface area contributed by atoms with Gasteiger partial charge in [-0.05, 0) is 37.6 Å². The Bertz CT molecular complexity index is 971. The molecule has 0 aliphatic heterocycles. The number of nitrogens with zero attached hydrogens (tertiary/aromatic N) is 1. The molecule has 0 bridgehead atoms. The average Bonchev–Trinajstić information content (AvgIpc) is 2.93. The molecule has 1 aromatic heterocycles. The van der Waals surface area contributed by atoms with Gasteiger partial charge in [-0.15, -0.1) is 0 Å². The Kier molecular flexibility index (Phi) is 5.41. The molecule has 26 heavy (non-hydrogen) atoms. The average molecular weight is 354 g/mol. The third kappa shape index (κ3) is 4.14. The van der Waals surface area contributed by atoms with Crippen LogP contribution in [0.3, 0.4) is 0 Å². The maximum atomic E-state index is 12.0. The van der Waals surface area contributed by atoms with Crippen molar-refractivity contribution in [1.29, 1.82) is 0 Å². The summed E-state index contributed by atoms with van der Waals surface area (Å²) >= 11 is 0. The normalized spacial score (nSPS) is 10.8. The molecule has 0 fully saturated rings. The van der Waals surface area contributed by atoms with Crippen LogP contribution in [0.2, 0.25) is 0 Å². The Hall–Kier alpha value is -3.02. The van der Waals surface area contributed by atoms with Crippen molar-refractivity contribution < 1.29 is 13.9 Å². The van der Waals surface area contributed by atoms with E-state index in [2.05, 4.69) is 11.4 Å². The van der Waals surface area contributed by atoms with Gasteiger partial charge in [0.05, 0.1) is 12.1 Å². The van der Waals surface area contributed by atoms with E-state index in [4.69, 9.17) is 9.15 Å². The lowest BCUT2D eigenvalue weighted by molar-refractivity contribution is -0.121. The van der Waals surface area contributed by atoms with Crippen molar-refractivity contribution in [1.82, 2.24) is 9.88 Å². The molecule has 136 valence electrons. The monoisotopic (exact) mass is 354 g/mol. The van der Waals surface area contributed by atoms with Crippen LogP contribution >= 0.6 is 0 Å². The maximum Gasteiger partial charge on any atom is 0.419 e. The van der Waals surface area contributed by atoms with Gasteiger partial charge in [0.25, 0.3) is 0 Å². The van der Waals surface area contributed by atoms with Crippen LogP contribution in [0, 0.1) is 13.8 Å². The summed E-state index contributed by atoms with van der Waals surface area (Å²) < 4.78 is 12.3. The SMILES string of the molecule is Cc1ccc(OCCNC(=O)CCn2c(=O)oc3ccccc32)c(C)c1. The van der Waals surface area contributed by atoms with Crippen molar-refractivity contribution in [3.8, 4) is 5.75 Å². The number of benzene rings is 2. The van der Waals surface area contributed by atoms with E-state index in [1.807, 2.05) is 32.0 Å². The molecule has 1 N–H and O–H groups in total. The van der Waals surface area contributed by atoms with E-state index in [0.717, 1.165) is 11.3 Å². The minimum Gasteiger partial charge on any atom is -0.491 e. The fourth-order valence-electron chi connectivity index (χ4n) is 2.84. The third-order valence-electron chi connectivity index (χ3n) is 4.15. The lowest BCUT2D eigenvalue weighted by Crippen LogP contribution is -2.29. The van der Waals surface area contributed by atoms with Crippen molar-refractivity contribution >= 4 is 17.0 Å². The molecular formula is C20H22N2O4. The second-order valence-electron chi connectivity index (χ2n) is 6.20. The molecule has 1 amide bonds. The first-order valence-corrected chi connectivity index (χ1v) is 8.60. The zero-order valence-electron chi connectivity index (χ0n) is 15.0. The van der Waals surface area contributed by atoms with E-state index in [1.165, 1.54) is 10.1 Å². The fraction of sp³-hybridized carbons (Fsp3) is 0.300. The minimum absolute atomic E-state index is 0.133. The summed E-state index contributed by atoms with van der Waals surface area (Å²) in [6, 6.07) is 13.2. The molecule has 1 heterocycles. The number of oxazole rings is 1. The summed E-state index contributed by atoms with van der Waals surface area (Å²) in [6.07, 6.45) is 0.201. The highest BCUT2D eigenvalue weighted by Crippen LogP contribution is 2.18. The topological polar surface area (TPSA) is 73.5 Å². The smallest absolute Gasteiger partial charge is 0.419 e. The highest BCUT2D eigenvalue weighted by molar-refractivity contribution is 5.76. The zero-order chi connectivity index (χ0) is 18.5. The fourth-order valence-corrected chi connectivity index (χ4v) is 2.84. The van der Waals surface area contributed by atoms with Gasteiger partial charge < -0.3 is 14.5 Å². The second kappa shape index (κ2) is 7.91.